The summed E-state index contributed by atoms with van der Waals surface area (Å²) in [6.07, 6.45) is 2.53. The number of morpholine rings is 1. The number of fused-ring (bicyclic) bond motifs is 1. The number of anilines is 1. The van der Waals surface area contributed by atoms with E-state index in [4.69, 9.17) is 9.72 Å². The van der Waals surface area contributed by atoms with Gasteiger partial charge in [-0.25, -0.2) is 4.39 Å². The first-order chi connectivity index (χ1) is 19.0. The lowest BCUT2D eigenvalue weighted by atomic mass is 9.91. The van der Waals surface area contributed by atoms with Crippen molar-refractivity contribution in [3.05, 3.63) is 58.7 Å². The third-order valence-electron chi connectivity index (χ3n) is 8.93. The van der Waals surface area contributed by atoms with Crippen molar-refractivity contribution in [3.8, 4) is 0 Å². The number of amides is 1. The van der Waals surface area contributed by atoms with Gasteiger partial charge in [0.05, 0.1) is 43.3 Å². The lowest BCUT2D eigenvalue weighted by Gasteiger charge is -2.48. The molecule has 218 valence electrons. The Balaban J connectivity index is 1.35. The number of halogens is 1. The van der Waals surface area contributed by atoms with Gasteiger partial charge < -0.3 is 20.1 Å². The fourth-order valence-electron chi connectivity index (χ4n) is 6.38. The molecule has 3 aliphatic rings. The lowest BCUT2D eigenvalue weighted by Crippen LogP contribution is -2.65. The molecule has 0 radical (unpaired) electrons. The maximum Gasteiger partial charge on any atom is 0.241 e. The number of aryl methyl sites for hydroxylation is 1. The van der Waals surface area contributed by atoms with Gasteiger partial charge in [0, 0.05) is 56.4 Å². The zero-order chi connectivity index (χ0) is 28.7. The van der Waals surface area contributed by atoms with Gasteiger partial charge in [0.25, 0.3) is 0 Å². The number of nitrogens with one attached hydrogen (secondary N) is 1. The smallest absolute Gasteiger partial charge is 0.241 e. The molecule has 1 aromatic heterocycles. The van der Waals surface area contributed by atoms with Crippen LogP contribution in [-0.4, -0.2) is 103 Å². The highest BCUT2D eigenvalue weighted by Crippen LogP contribution is 2.40. The minimum absolute atomic E-state index is 0.0366. The molecule has 3 aliphatic heterocycles. The molecule has 2 saturated heterocycles. The molecule has 4 heterocycles. The lowest BCUT2D eigenvalue weighted by molar-refractivity contribution is -0.122. The van der Waals surface area contributed by atoms with Gasteiger partial charge in [0.15, 0.2) is 0 Å². The molecule has 8 nitrogen and oxygen atoms in total. The number of pyridine rings is 1. The van der Waals surface area contributed by atoms with Gasteiger partial charge in [-0.1, -0.05) is 19.9 Å². The van der Waals surface area contributed by atoms with E-state index in [2.05, 4.69) is 42.0 Å². The fourth-order valence-corrected chi connectivity index (χ4v) is 6.38. The number of rotatable bonds is 7. The second-order valence-electron chi connectivity index (χ2n) is 12.9. The van der Waals surface area contributed by atoms with Crippen molar-refractivity contribution >= 4 is 11.6 Å². The third kappa shape index (κ3) is 5.94. The van der Waals surface area contributed by atoms with Crippen LogP contribution in [0, 0.1) is 12.7 Å². The summed E-state index contributed by atoms with van der Waals surface area (Å²) in [5, 5.41) is 13.7. The van der Waals surface area contributed by atoms with Gasteiger partial charge in [0.1, 0.15) is 5.82 Å². The van der Waals surface area contributed by atoms with Gasteiger partial charge in [-0.05, 0) is 62.1 Å². The number of aliphatic hydroxyl groups is 1. The van der Waals surface area contributed by atoms with Gasteiger partial charge in [-0.2, -0.15) is 0 Å². The van der Waals surface area contributed by atoms with E-state index in [-0.39, 0.29) is 35.8 Å². The summed E-state index contributed by atoms with van der Waals surface area (Å²) < 4.78 is 19.3. The standard InChI is InChI=1S/C31H44FN5O3/c1-21-10-25(32)7-6-24(21)11-23-12-27-29(34-13-23)30(3,4)18-37(27)28(39)17-35-15-22(2)33-14-26(35)16-36-8-9-40-20-31(36,5)19-38/h6-7,10,12-13,22,26,33,38H,8-9,11,14-20H2,1-5H3/t22-,26-,31+/m1/s1. The molecule has 2 N–H and O–H groups in total. The van der Waals surface area contributed by atoms with Gasteiger partial charge in [-0.3, -0.25) is 19.6 Å². The summed E-state index contributed by atoms with van der Waals surface area (Å²) in [7, 11) is 0. The average Bonchev–Trinajstić information content (AvgIpc) is 3.18. The Bertz CT molecular complexity index is 1240. The van der Waals surface area contributed by atoms with Crippen LogP contribution in [0.5, 0.6) is 0 Å². The zero-order valence-corrected chi connectivity index (χ0v) is 24.5. The van der Waals surface area contributed by atoms with Crippen LogP contribution < -0.4 is 10.2 Å². The molecule has 1 amide bonds. The zero-order valence-electron chi connectivity index (χ0n) is 24.5. The van der Waals surface area contributed by atoms with Crippen molar-refractivity contribution in [2.24, 2.45) is 0 Å². The van der Waals surface area contributed by atoms with E-state index >= 15 is 0 Å². The number of nitrogens with zero attached hydrogens (tertiary/aromatic N) is 4. The Morgan fingerprint density at radius 3 is 2.83 bits per heavy atom. The highest BCUT2D eigenvalue weighted by molar-refractivity contribution is 5.97. The first-order valence-corrected chi connectivity index (χ1v) is 14.4. The Hall–Kier alpha value is -2.43. The molecule has 0 spiro atoms. The van der Waals surface area contributed by atoms with Crippen molar-refractivity contribution in [2.75, 3.05) is 64.0 Å². The van der Waals surface area contributed by atoms with Gasteiger partial charge >= 0.3 is 0 Å². The SMILES string of the molecule is Cc1cc(F)ccc1Cc1cnc2c(c1)N(C(=O)CN1C[C@@H](C)NC[C@@H]1CN1CCOC[C@]1(C)CO)CC2(C)C. The molecule has 9 heteroatoms. The molecule has 3 atom stereocenters. The van der Waals surface area contributed by atoms with E-state index in [1.54, 1.807) is 6.07 Å². The number of aliphatic hydroxyl groups excluding tert-OH is 1. The molecular formula is C31H44FN5O3. The van der Waals surface area contributed by atoms with E-state index in [9.17, 15) is 14.3 Å². The van der Waals surface area contributed by atoms with Crippen LogP contribution in [0.4, 0.5) is 10.1 Å². The van der Waals surface area contributed by atoms with Crippen molar-refractivity contribution in [1.29, 1.82) is 0 Å². The summed E-state index contributed by atoms with van der Waals surface area (Å²) in [5.41, 5.74) is 4.13. The summed E-state index contributed by atoms with van der Waals surface area (Å²) in [6.45, 7) is 15.6. The second-order valence-corrected chi connectivity index (χ2v) is 12.9. The molecule has 0 saturated carbocycles. The fraction of sp³-hybridized carbons (Fsp3) is 0.613. The Labute approximate surface area is 237 Å². The van der Waals surface area contributed by atoms with E-state index in [0.717, 1.165) is 54.3 Å². The molecule has 2 fully saturated rings. The summed E-state index contributed by atoms with van der Waals surface area (Å²) >= 11 is 0. The molecule has 0 aliphatic carbocycles. The first kappa shape index (κ1) is 29.1. The van der Waals surface area contributed by atoms with Gasteiger partial charge in [0.2, 0.25) is 5.91 Å². The highest BCUT2D eigenvalue weighted by atomic mass is 19.1. The maximum absolute atomic E-state index is 14.0. The predicted octanol–water partition coefficient (Wildman–Crippen LogP) is 2.49. The number of carbonyl (C=O) groups excluding carboxylic acids is 1. The minimum atomic E-state index is -0.417. The van der Waals surface area contributed by atoms with Crippen LogP contribution in [0.1, 0.15) is 50.1 Å². The Morgan fingerprint density at radius 1 is 1.27 bits per heavy atom. The largest absolute Gasteiger partial charge is 0.394 e. The molecule has 0 bridgehead atoms. The molecule has 5 rings (SSSR count). The molecule has 0 unspecified atom stereocenters. The number of carbonyl (C=O) groups is 1. The maximum atomic E-state index is 14.0. The molecular weight excluding hydrogens is 509 g/mol. The first-order valence-electron chi connectivity index (χ1n) is 14.4. The summed E-state index contributed by atoms with van der Waals surface area (Å²) in [4.78, 5) is 25.3. The van der Waals surface area contributed by atoms with E-state index in [0.29, 0.717) is 32.7 Å². The Kier molecular flexibility index (Phi) is 8.32. The van der Waals surface area contributed by atoms with Crippen molar-refractivity contribution in [2.45, 2.75) is 64.1 Å². The van der Waals surface area contributed by atoms with Crippen molar-refractivity contribution in [1.82, 2.24) is 20.1 Å². The topological polar surface area (TPSA) is 81.2 Å². The number of aromatic nitrogens is 1. The van der Waals surface area contributed by atoms with Crippen LogP contribution in [0.25, 0.3) is 0 Å². The van der Waals surface area contributed by atoms with Crippen LogP contribution in [-0.2, 0) is 21.4 Å². The number of ether oxygens (including phenoxy) is 1. The van der Waals surface area contributed by atoms with E-state index in [1.807, 2.05) is 31.0 Å². The van der Waals surface area contributed by atoms with E-state index in [1.165, 1.54) is 6.07 Å². The average molecular weight is 554 g/mol. The highest BCUT2D eigenvalue weighted by Gasteiger charge is 2.42. The number of piperazine rings is 1. The quantitative estimate of drug-likeness (QED) is 0.545. The van der Waals surface area contributed by atoms with Crippen LogP contribution in [0.15, 0.2) is 30.5 Å². The van der Waals surface area contributed by atoms with Crippen molar-refractivity contribution < 1.29 is 19.0 Å². The number of hydrogen-bond acceptors (Lipinski definition) is 7. The predicted molar refractivity (Wildman–Crippen MR) is 154 cm³/mol. The molecule has 40 heavy (non-hydrogen) atoms. The minimum Gasteiger partial charge on any atom is -0.394 e. The van der Waals surface area contributed by atoms with Crippen LogP contribution in [0.3, 0.4) is 0 Å². The number of benzene rings is 1. The second kappa shape index (κ2) is 11.4. The molecule has 2 aromatic rings. The van der Waals surface area contributed by atoms with Crippen molar-refractivity contribution in [3.63, 3.8) is 0 Å². The van der Waals surface area contributed by atoms with Crippen LogP contribution in [0.2, 0.25) is 0 Å². The Morgan fingerprint density at radius 2 is 2.08 bits per heavy atom. The van der Waals surface area contributed by atoms with Gasteiger partial charge in [-0.15, -0.1) is 0 Å². The van der Waals surface area contributed by atoms with Crippen LogP contribution >= 0.6 is 0 Å². The normalized spacial score (nSPS) is 27.1. The summed E-state index contributed by atoms with van der Waals surface area (Å²) in [5.74, 6) is -0.156. The third-order valence-corrected chi connectivity index (χ3v) is 8.93. The van der Waals surface area contributed by atoms with E-state index < -0.39 is 5.54 Å². The monoisotopic (exact) mass is 553 g/mol. The molecule has 1 aromatic carbocycles. The summed E-state index contributed by atoms with van der Waals surface area (Å²) in [6, 6.07) is 7.40. The number of hydrogen-bond donors (Lipinski definition) is 2.